The van der Waals surface area contributed by atoms with Crippen LogP contribution in [-0.2, 0) is 9.53 Å². The van der Waals surface area contributed by atoms with Gasteiger partial charge in [-0.05, 0) is 13.8 Å². The van der Waals surface area contributed by atoms with Crippen molar-refractivity contribution >= 4 is 23.0 Å². The van der Waals surface area contributed by atoms with Crippen LogP contribution in [0, 0.1) is 10.1 Å². The van der Waals surface area contributed by atoms with Gasteiger partial charge in [-0.15, -0.1) is 0 Å². The lowest BCUT2D eigenvalue weighted by Gasteiger charge is -2.33. The Kier molecular flexibility index (Phi) is 3.40. The highest BCUT2D eigenvalue weighted by Crippen LogP contribution is 2.42. The molecule has 3 rings (SSSR count). The van der Waals surface area contributed by atoms with Crippen molar-refractivity contribution in [1.82, 2.24) is 0 Å². The van der Waals surface area contributed by atoms with Crippen LogP contribution in [0.1, 0.15) is 13.8 Å². The third-order valence-electron chi connectivity index (χ3n) is 3.79. The Bertz CT molecular complexity index is 638. The molecule has 8 nitrogen and oxygen atoms in total. The molecule has 8 heteroatoms. The number of fused-ring (bicyclic) bond motifs is 1. The van der Waals surface area contributed by atoms with E-state index in [1.54, 1.807) is 19.9 Å². The summed E-state index contributed by atoms with van der Waals surface area (Å²) in [6.45, 7) is 5.52. The lowest BCUT2D eigenvalue weighted by molar-refractivity contribution is -0.384. The van der Waals surface area contributed by atoms with Crippen LogP contribution in [0.2, 0.25) is 0 Å². The van der Waals surface area contributed by atoms with Gasteiger partial charge < -0.3 is 19.7 Å². The van der Waals surface area contributed by atoms with Gasteiger partial charge in [-0.2, -0.15) is 0 Å². The van der Waals surface area contributed by atoms with Crippen LogP contribution in [0.5, 0.6) is 5.75 Å². The molecule has 1 N–H and O–H groups in total. The number of nitro groups is 1. The van der Waals surface area contributed by atoms with Crippen LogP contribution in [-0.4, -0.2) is 42.7 Å². The number of hydrogen-bond acceptors (Lipinski definition) is 6. The summed E-state index contributed by atoms with van der Waals surface area (Å²) in [5.74, 6) is 0.116. The van der Waals surface area contributed by atoms with Crippen molar-refractivity contribution in [2.24, 2.45) is 0 Å². The number of nitrogens with one attached hydrogen (secondary N) is 1. The first kappa shape index (κ1) is 14.6. The van der Waals surface area contributed by atoms with Crippen molar-refractivity contribution in [2.75, 3.05) is 36.5 Å². The molecule has 1 aromatic rings. The van der Waals surface area contributed by atoms with Crippen LogP contribution in [0.3, 0.4) is 0 Å². The van der Waals surface area contributed by atoms with Crippen molar-refractivity contribution in [3.05, 3.63) is 22.2 Å². The number of nitro benzene ring substituents is 1. The Balaban J connectivity index is 2.06. The Morgan fingerprint density at radius 3 is 2.64 bits per heavy atom. The molecule has 1 aromatic carbocycles. The molecular formula is C14H17N3O5. The minimum absolute atomic E-state index is 0.0516. The Hall–Kier alpha value is -2.35. The fourth-order valence-corrected chi connectivity index (χ4v) is 2.54. The first-order valence-electron chi connectivity index (χ1n) is 7.04. The monoisotopic (exact) mass is 307 g/mol. The van der Waals surface area contributed by atoms with Gasteiger partial charge in [-0.1, -0.05) is 0 Å². The van der Waals surface area contributed by atoms with Gasteiger partial charge >= 0.3 is 0 Å². The number of hydrogen-bond donors (Lipinski definition) is 1. The molecule has 22 heavy (non-hydrogen) atoms. The van der Waals surface area contributed by atoms with Crippen molar-refractivity contribution in [3.8, 4) is 5.75 Å². The topological polar surface area (TPSA) is 93.9 Å². The average Bonchev–Trinajstić information content (AvgIpc) is 2.48. The summed E-state index contributed by atoms with van der Waals surface area (Å²) in [4.78, 5) is 24.7. The molecule has 0 saturated carbocycles. The smallest absolute Gasteiger partial charge is 0.294 e. The van der Waals surface area contributed by atoms with Crippen LogP contribution < -0.4 is 15.0 Å². The number of nitrogens with zero attached hydrogens (tertiary/aromatic N) is 2. The van der Waals surface area contributed by atoms with Crippen LogP contribution in [0.25, 0.3) is 0 Å². The van der Waals surface area contributed by atoms with Gasteiger partial charge in [0.2, 0.25) is 0 Å². The molecule has 2 heterocycles. The van der Waals surface area contributed by atoms with E-state index in [0.29, 0.717) is 43.4 Å². The number of ether oxygens (including phenoxy) is 2. The van der Waals surface area contributed by atoms with E-state index in [4.69, 9.17) is 9.47 Å². The van der Waals surface area contributed by atoms with E-state index in [2.05, 4.69) is 5.32 Å². The van der Waals surface area contributed by atoms with Crippen LogP contribution in [0.15, 0.2) is 12.1 Å². The fraction of sp³-hybridized carbons (Fsp3) is 0.500. The zero-order valence-electron chi connectivity index (χ0n) is 12.4. The highest BCUT2D eigenvalue weighted by atomic mass is 16.6. The van der Waals surface area contributed by atoms with Crippen molar-refractivity contribution in [3.63, 3.8) is 0 Å². The summed E-state index contributed by atoms with van der Waals surface area (Å²) in [5, 5.41) is 14.0. The Labute approximate surface area is 127 Å². The van der Waals surface area contributed by atoms with Gasteiger partial charge in [0.25, 0.3) is 11.6 Å². The minimum atomic E-state index is -1.01. The lowest BCUT2D eigenvalue weighted by atomic mass is 10.1. The minimum Gasteiger partial charge on any atom is -0.476 e. The maximum Gasteiger partial charge on any atom is 0.294 e. The maximum absolute atomic E-state index is 11.9. The molecule has 0 unspecified atom stereocenters. The molecule has 0 atom stereocenters. The van der Waals surface area contributed by atoms with E-state index in [-0.39, 0.29) is 11.6 Å². The predicted octanol–water partition coefficient (Wildman–Crippen LogP) is 1.54. The number of rotatable bonds is 2. The van der Waals surface area contributed by atoms with Crippen molar-refractivity contribution in [1.29, 1.82) is 0 Å². The molecule has 118 valence electrons. The van der Waals surface area contributed by atoms with Crippen molar-refractivity contribution in [2.45, 2.75) is 19.4 Å². The first-order valence-corrected chi connectivity index (χ1v) is 7.04. The lowest BCUT2D eigenvalue weighted by Crippen LogP contribution is -2.45. The standard InChI is InChI=1S/C14H17N3O5/c1-14(2)13(18)15-9-7-11(17(19)20)10(8-12(9)22-14)16-3-5-21-6-4-16/h7-8H,3-6H2,1-2H3,(H,15,18). The van der Waals surface area contributed by atoms with E-state index in [1.165, 1.54) is 6.07 Å². The molecule has 2 aliphatic heterocycles. The van der Waals surface area contributed by atoms with Crippen LogP contribution >= 0.6 is 0 Å². The van der Waals surface area contributed by atoms with E-state index in [0.717, 1.165) is 0 Å². The highest BCUT2D eigenvalue weighted by molar-refractivity contribution is 6.01. The van der Waals surface area contributed by atoms with Gasteiger partial charge in [0.05, 0.1) is 23.8 Å². The normalized spacial score (nSPS) is 19.9. The third-order valence-corrected chi connectivity index (χ3v) is 3.79. The largest absolute Gasteiger partial charge is 0.476 e. The summed E-state index contributed by atoms with van der Waals surface area (Å²) in [6, 6.07) is 2.98. The molecule has 0 spiro atoms. The predicted molar refractivity (Wildman–Crippen MR) is 79.5 cm³/mol. The van der Waals surface area contributed by atoms with Gasteiger partial charge in [0.15, 0.2) is 5.60 Å². The Morgan fingerprint density at radius 1 is 1.32 bits per heavy atom. The number of amides is 1. The highest BCUT2D eigenvalue weighted by Gasteiger charge is 2.37. The zero-order chi connectivity index (χ0) is 15.9. The summed E-state index contributed by atoms with van der Waals surface area (Å²) in [6.07, 6.45) is 0. The van der Waals surface area contributed by atoms with Gasteiger partial charge in [-0.25, -0.2) is 0 Å². The summed E-state index contributed by atoms with van der Waals surface area (Å²) < 4.78 is 11.0. The van der Waals surface area contributed by atoms with E-state index in [9.17, 15) is 14.9 Å². The molecule has 1 fully saturated rings. The molecule has 0 radical (unpaired) electrons. The fourth-order valence-electron chi connectivity index (χ4n) is 2.54. The summed E-state index contributed by atoms with van der Waals surface area (Å²) in [5.41, 5.74) is -0.248. The number of carbonyl (C=O) groups is 1. The van der Waals surface area contributed by atoms with E-state index >= 15 is 0 Å². The van der Waals surface area contributed by atoms with E-state index < -0.39 is 10.5 Å². The molecule has 1 saturated heterocycles. The SMILES string of the molecule is CC1(C)Oc2cc(N3CCOCC3)c([N+](=O)[O-])cc2NC1=O. The maximum atomic E-state index is 11.9. The van der Waals surface area contributed by atoms with Gasteiger partial charge in [-0.3, -0.25) is 14.9 Å². The molecule has 1 amide bonds. The second-order valence-corrected chi connectivity index (χ2v) is 5.76. The number of morpholine rings is 1. The van der Waals surface area contributed by atoms with E-state index in [1.807, 2.05) is 4.90 Å². The first-order chi connectivity index (χ1) is 10.4. The molecular weight excluding hydrogens is 290 g/mol. The van der Waals surface area contributed by atoms with Gasteiger partial charge in [0, 0.05) is 25.2 Å². The average molecular weight is 307 g/mol. The molecule has 0 aliphatic carbocycles. The summed E-state index contributed by atoms with van der Waals surface area (Å²) in [7, 11) is 0. The number of carbonyl (C=O) groups excluding carboxylic acids is 1. The van der Waals surface area contributed by atoms with Gasteiger partial charge in [0.1, 0.15) is 11.4 Å². The third kappa shape index (κ3) is 2.45. The second-order valence-electron chi connectivity index (χ2n) is 5.76. The molecule has 0 aromatic heterocycles. The summed E-state index contributed by atoms with van der Waals surface area (Å²) >= 11 is 0. The molecule has 0 bridgehead atoms. The quantitative estimate of drug-likeness (QED) is 0.658. The Morgan fingerprint density at radius 2 is 2.00 bits per heavy atom. The second kappa shape index (κ2) is 5.13. The van der Waals surface area contributed by atoms with Crippen molar-refractivity contribution < 1.29 is 19.2 Å². The number of anilines is 2. The van der Waals surface area contributed by atoms with Crippen LogP contribution in [0.4, 0.5) is 17.1 Å². The number of benzene rings is 1. The molecule has 2 aliphatic rings. The zero-order valence-corrected chi connectivity index (χ0v) is 12.4.